The van der Waals surface area contributed by atoms with Crippen molar-refractivity contribution >= 4 is 15.9 Å². The van der Waals surface area contributed by atoms with Crippen LogP contribution in [0.3, 0.4) is 0 Å². The van der Waals surface area contributed by atoms with Crippen molar-refractivity contribution in [2.24, 2.45) is 0 Å². The van der Waals surface area contributed by atoms with Crippen molar-refractivity contribution in [3.05, 3.63) is 40.0 Å². The molecule has 1 heterocycles. The van der Waals surface area contributed by atoms with Gasteiger partial charge in [-0.1, -0.05) is 41.9 Å². The highest BCUT2D eigenvalue weighted by Crippen LogP contribution is 2.24. The first kappa shape index (κ1) is 16.0. The highest BCUT2D eigenvalue weighted by Gasteiger charge is 2.09. The fraction of sp³-hybridized carbons (Fsp3) is 0.467. The van der Waals surface area contributed by atoms with Crippen LogP contribution in [0.2, 0.25) is 0 Å². The second kappa shape index (κ2) is 7.56. The molecule has 114 valence electrons. The fourth-order valence-corrected chi connectivity index (χ4v) is 2.18. The molecular weight excluding hydrogens is 334 g/mol. The summed E-state index contributed by atoms with van der Waals surface area (Å²) in [4.78, 5) is 4.24. The van der Waals surface area contributed by atoms with Gasteiger partial charge in [0.05, 0.1) is 0 Å². The van der Waals surface area contributed by atoms with E-state index in [9.17, 15) is 0 Å². The van der Waals surface area contributed by atoms with Crippen molar-refractivity contribution < 1.29 is 9.26 Å². The van der Waals surface area contributed by atoms with Crippen molar-refractivity contribution in [1.29, 1.82) is 0 Å². The van der Waals surface area contributed by atoms with E-state index in [1.165, 1.54) is 0 Å². The summed E-state index contributed by atoms with van der Waals surface area (Å²) >= 11 is 3.49. The molecule has 5 nitrogen and oxygen atoms in total. The second-order valence-electron chi connectivity index (χ2n) is 5.03. The minimum absolute atomic E-state index is 0.305. The Bertz CT molecular complexity index is 584. The fourth-order valence-electron chi connectivity index (χ4n) is 1.78. The molecular formula is C15H20BrN3O2. The van der Waals surface area contributed by atoms with Gasteiger partial charge in [-0.2, -0.15) is 4.98 Å². The monoisotopic (exact) mass is 353 g/mol. The SMILES string of the molecule is CCc1nc(COc2ccc(Br)cc2CNC(C)C)no1. The summed E-state index contributed by atoms with van der Waals surface area (Å²) in [6.45, 7) is 7.26. The largest absolute Gasteiger partial charge is 0.485 e. The number of hydrogen-bond donors (Lipinski definition) is 1. The molecule has 0 bridgehead atoms. The number of halogens is 1. The predicted octanol–water partition coefficient (Wildman–Crippen LogP) is 3.47. The van der Waals surface area contributed by atoms with E-state index in [1.807, 2.05) is 19.1 Å². The predicted molar refractivity (Wildman–Crippen MR) is 84.1 cm³/mol. The Balaban J connectivity index is 2.04. The summed E-state index contributed by atoms with van der Waals surface area (Å²) < 4.78 is 11.9. The number of nitrogens with one attached hydrogen (secondary N) is 1. The zero-order valence-corrected chi connectivity index (χ0v) is 14.1. The van der Waals surface area contributed by atoms with Crippen molar-refractivity contribution in [3.8, 4) is 5.75 Å². The Morgan fingerprint density at radius 1 is 1.38 bits per heavy atom. The van der Waals surface area contributed by atoms with Gasteiger partial charge >= 0.3 is 0 Å². The Kier molecular flexibility index (Phi) is 5.76. The van der Waals surface area contributed by atoms with E-state index >= 15 is 0 Å². The number of benzene rings is 1. The van der Waals surface area contributed by atoms with Crippen LogP contribution in [0.5, 0.6) is 5.75 Å². The molecule has 2 rings (SSSR count). The third-order valence-electron chi connectivity index (χ3n) is 2.89. The summed E-state index contributed by atoms with van der Waals surface area (Å²) in [5.41, 5.74) is 1.09. The number of rotatable bonds is 7. The quantitative estimate of drug-likeness (QED) is 0.825. The van der Waals surface area contributed by atoms with Gasteiger partial charge in [0, 0.05) is 29.0 Å². The molecule has 0 unspecified atom stereocenters. The molecule has 0 saturated carbocycles. The first-order valence-corrected chi connectivity index (χ1v) is 7.84. The maximum atomic E-state index is 5.82. The van der Waals surface area contributed by atoms with E-state index < -0.39 is 0 Å². The molecule has 2 aromatic rings. The summed E-state index contributed by atoms with van der Waals surface area (Å²) in [5, 5.41) is 7.28. The van der Waals surface area contributed by atoms with E-state index in [1.54, 1.807) is 0 Å². The van der Waals surface area contributed by atoms with Crippen LogP contribution >= 0.6 is 15.9 Å². The van der Waals surface area contributed by atoms with Crippen LogP contribution in [0.4, 0.5) is 0 Å². The lowest BCUT2D eigenvalue weighted by Gasteiger charge is -2.13. The van der Waals surface area contributed by atoms with Crippen LogP contribution in [-0.2, 0) is 19.6 Å². The van der Waals surface area contributed by atoms with Crippen LogP contribution in [0.25, 0.3) is 0 Å². The minimum Gasteiger partial charge on any atom is -0.485 e. The van der Waals surface area contributed by atoms with Crippen molar-refractivity contribution in [2.45, 2.75) is 46.4 Å². The number of aryl methyl sites for hydroxylation is 1. The molecule has 0 spiro atoms. The molecule has 0 fully saturated rings. The minimum atomic E-state index is 0.305. The molecule has 1 aromatic carbocycles. The van der Waals surface area contributed by atoms with Gasteiger partial charge in [-0.15, -0.1) is 0 Å². The van der Waals surface area contributed by atoms with Gasteiger partial charge in [-0.3, -0.25) is 0 Å². The van der Waals surface area contributed by atoms with Gasteiger partial charge in [0.25, 0.3) is 0 Å². The maximum Gasteiger partial charge on any atom is 0.226 e. The molecule has 1 N–H and O–H groups in total. The molecule has 0 aliphatic rings. The van der Waals surface area contributed by atoms with Crippen LogP contribution < -0.4 is 10.1 Å². The normalized spacial score (nSPS) is 11.1. The summed E-state index contributed by atoms with van der Waals surface area (Å²) in [6.07, 6.45) is 0.731. The number of ether oxygens (including phenoxy) is 1. The Hall–Kier alpha value is -1.40. The molecule has 1 aromatic heterocycles. The zero-order valence-electron chi connectivity index (χ0n) is 12.5. The standard InChI is InChI=1S/C15H20BrN3O2/c1-4-15-18-14(19-21-15)9-20-13-6-5-12(16)7-11(13)8-17-10(2)3/h5-7,10,17H,4,8-9H2,1-3H3. The molecule has 21 heavy (non-hydrogen) atoms. The average molecular weight is 354 g/mol. The third kappa shape index (κ3) is 4.82. The number of aromatic nitrogens is 2. The lowest BCUT2D eigenvalue weighted by Crippen LogP contribution is -2.22. The summed E-state index contributed by atoms with van der Waals surface area (Å²) in [5.74, 6) is 2.03. The van der Waals surface area contributed by atoms with Gasteiger partial charge in [-0.05, 0) is 18.2 Å². The van der Waals surface area contributed by atoms with Gasteiger partial charge < -0.3 is 14.6 Å². The Labute approximate surface area is 133 Å². The van der Waals surface area contributed by atoms with E-state index in [0.29, 0.717) is 24.4 Å². The summed E-state index contributed by atoms with van der Waals surface area (Å²) in [7, 11) is 0. The summed E-state index contributed by atoms with van der Waals surface area (Å²) in [6, 6.07) is 6.38. The van der Waals surface area contributed by atoms with Crippen LogP contribution in [0.1, 0.15) is 38.0 Å². The van der Waals surface area contributed by atoms with Crippen LogP contribution in [-0.4, -0.2) is 16.2 Å². The first-order valence-electron chi connectivity index (χ1n) is 7.04. The zero-order chi connectivity index (χ0) is 15.2. The Morgan fingerprint density at radius 2 is 2.19 bits per heavy atom. The van der Waals surface area contributed by atoms with Crippen molar-refractivity contribution in [2.75, 3.05) is 0 Å². The van der Waals surface area contributed by atoms with Gasteiger partial charge in [-0.25, -0.2) is 0 Å². The molecule has 0 atom stereocenters. The number of nitrogens with zero attached hydrogens (tertiary/aromatic N) is 2. The molecule has 6 heteroatoms. The molecule has 0 saturated heterocycles. The second-order valence-corrected chi connectivity index (χ2v) is 5.95. The van der Waals surface area contributed by atoms with Crippen LogP contribution in [0, 0.1) is 0 Å². The number of hydrogen-bond acceptors (Lipinski definition) is 5. The lowest BCUT2D eigenvalue weighted by molar-refractivity contribution is 0.281. The van der Waals surface area contributed by atoms with E-state index in [-0.39, 0.29) is 0 Å². The lowest BCUT2D eigenvalue weighted by atomic mass is 10.2. The first-order chi connectivity index (χ1) is 10.1. The van der Waals surface area contributed by atoms with Gasteiger partial charge in [0.1, 0.15) is 5.75 Å². The Morgan fingerprint density at radius 3 is 2.86 bits per heavy atom. The van der Waals surface area contributed by atoms with Crippen molar-refractivity contribution in [3.63, 3.8) is 0 Å². The maximum absolute atomic E-state index is 5.82. The molecule has 0 aliphatic carbocycles. The topological polar surface area (TPSA) is 60.2 Å². The molecule has 0 aliphatic heterocycles. The average Bonchev–Trinajstić information content (AvgIpc) is 2.92. The van der Waals surface area contributed by atoms with Gasteiger partial charge in [0.2, 0.25) is 11.7 Å². The smallest absolute Gasteiger partial charge is 0.226 e. The van der Waals surface area contributed by atoms with E-state index in [2.05, 4.69) is 51.3 Å². The third-order valence-corrected chi connectivity index (χ3v) is 3.39. The molecule has 0 amide bonds. The van der Waals surface area contributed by atoms with Gasteiger partial charge in [0.15, 0.2) is 6.61 Å². The van der Waals surface area contributed by atoms with E-state index in [0.717, 1.165) is 28.8 Å². The van der Waals surface area contributed by atoms with Crippen LogP contribution in [0.15, 0.2) is 27.2 Å². The molecule has 0 radical (unpaired) electrons. The van der Waals surface area contributed by atoms with Crippen molar-refractivity contribution in [1.82, 2.24) is 15.5 Å². The highest BCUT2D eigenvalue weighted by molar-refractivity contribution is 9.10. The van der Waals surface area contributed by atoms with E-state index in [4.69, 9.17) is 9.26 Å². The highest BCUT2D eigenvalue weighted by atomic mass is 79.9.